The average molecular weight is 760 g/mol. The van der Waals surface area contributed by atoms with E-state index in [1.165, 1.54) is 0 Å². The van der Waals surface area contributed by atoms with Crippen LogP contribution in [-0.2, 0) is 46.4 Å². The minimum Gasteiger partial charge on any atom is -0.508 e. The molecule has 0 aromatic heterocycles. The molecule has 2 bridgehead atoms. The highest BCUT2D eigenvalue weighted by Crippen LogP contribution is 2.59. The molecule has 5 fully saturated rings. The third kappa shape index (κ3) is 7.81. The number of aromatic hydroxyl groups is 1. The highest BCUT2D eigenvalue weighted by Gasteiger charge is 2.77. The van der Waals surface area contributed by atoms with Gasteiger partial charge in [-0.2, -0.15) is 5.06 Å². The van der Waals surface area contributed by atoms with Gasteiger partial charge in [-0.1, -0.05) is 94.1 Å². The van der Waals surface area contributed by atoms with E-state index in [0.717, 1.165) is 55.2 Å². The van der Waals surface area contributed by atoms with Crippen molar-refractivity contribution in [3.8, 4) is 5.75 Å². The number of aliphatic hydroxyl groups excluding tert-OH is 1. The molecular weight excluding hydrogens is 702 g/mol. The van der Waals surface area contributed by atoms with Gasteiger partial charge in [-0.3, -0.25) is 19.2 Å². The number of hydrogen-bond acceptors (Lipinski definition) is 10. The maximum Gasteiger partial charge on any atom is 0.327 e. The van der Waals surface area contributed by atoms with Gasteiger partial charge in [0.2, 0.25) is 11.8 Å². The summed E-state index contributed by atoms with van der Waals surface area (Å²) in [5, 5.41) is 23.9. The van der Waals surface area contributed by atoms with Gasteiger partial charge in [-0.25, -0.2) is 0 Å². The fourth-order valence-corrected chi connectivity index (χ4v) is 9.44. The van der Waals surface area contributed by atoms with E-state index < -0.39 is 53.7 Å². The van der Waals surface area contributed by atoms with Gasteiger partial charge in [0.25, 0.3) is 0 Å². The first kappa shape index (κ1) is 39.4. The van der Waals surface area contributed by atoms with Crippen molar-refractivity contribution in [3.05, 3.63) is 71.3 Å². The number of rotatable bonds is 17. The fourth-order valence-electron chi connectivity index (χ4n) is 9.44. The first-order valence-electron chi connectivity index (χ1n) is 20.4. The number of phenolic OH excluding ortho intramolecular Hbond substituents is 1. The third-order valence-corrected chi connectivity index (χ3v) is 12.2. The Morgan fingerprint density at radius 3 is 2.42 bits per heavy atom. The molecule has 298 valence electrons. The Morgan fingerprint density at radius 2 is 1.71 bits per heavy atom. The second-order valence-corrected chi connectivity index (χ2v) is 15.9. The van der Waals surface area contributed by atoms with Crippen molar-refractivity contribution in [1.29, 1.82) is 0 Å². The average Bonchev–Trinajstić information content (AvgIpc) is 3.91. The van der Waals surface area contributed by atoms with Crippen LogP contribution in [0.1, 0.15) is 101 Å². The number of carbonyl (C=O) groups excluding carboxylic acids is 3. The van der Waals surface area contributed by atoms with E-state index in [1.807, 2.05) is 48.6 Å². The van der Waals surface area contributed by atoms with Gasteiger partial charge in [0.1, 0.15) is 41.6 Å². The summed E-state index contributed by atoms with van der Waals surface area (Å²) in [6.45, 7) is 4.81. The van der Waals surface area contributed by atoms with E-state index in [4.69, 9.17) is 19.0 Å². The molecule has 0 spiro atoms. The zero-order valence-corrected chi connectivity index (χ0v) is 32.2. The maximum atomic E-state index is 15.2. The summed E-state index contributed by atoms with van der Waals surface area (Å²) in [7, 11) is 0. The number of esters is 1. The molecule has 4 saturated heterocycles. The number of allylic oxidation sites excluding steroid dienone is 1. The van der Waals surface area contributed by atoms with E-state index in [1.54, 1.807) is 22.1 Å². The van der Waals surface area contributed by atoms with Crippen molar-refractivity contribution in [2.45, 2.75) is 140 Å². The van der Waals surface area contributed by atoms with Crippen LogP contribution in [0.5, 0.6) is 5.75 Å². The number of ether oxygens (including phenoxy) is 3. The molecule has 2 amide bonds. The minimum atomic E-state index is -1.36. The third-order valence-electron chi connectivity index (χ3n) is 12.2. The minimum absolute atomic E-state index is 0.0946. The summed E-state index contributed by atoms with van der Waals surface area (Å²) in [6, 6.07) is 13.4. The number of likely N-dealkylation sites (tertiary alicyclic amines) is 1. The van der Waals surface area contributed by atoms with E-state index in [2.05, 4.69) is 19.2 Å². The van der Waals surface area contributed by atoms with E-state index in [0.29, 0.717) is 38.6 Å². The van der Waals surface area contributed by atoms with Crippen LogP contribution < -0.4 is 5.32 Å². The van der Waals surface area contributed by atoms with Crippen molar-refractivity contribution >= 4 is 23.9 Å². The smallest absolute Gasteiger partial charge is 0.327 e. The lowest BCUT2D eigenvalue weighted by Crippen LogP contribution is -2.70. The molecule has 2 aromatic carbocycles. The fraction of sp³-hybridized carbons (Fsp3) is 0.605. The second kappa shape index (κ2) is 17.1. The molecule has 7 rings (SSSR count). The highest BCUT2D eigenvalue weighted by molar-refractivity contribution is 5.96. The Labute approximate surface area is 324 Å². The van der Waals surface area contributed by atoms with Crippen molar-refractivity contribution in [1.82, 2.24) is 15.3 Å². The number of phenols is 1. The number of hydroxylamine groups is 2. The number of unbranched alkanes of at least 4 members (excludes halogenated alkanes) is 4. The molecule has 7 atom stereocenters. The largest absolute Gasteiger partial charge is 0.508 e. The van der Waals surface area contributed by atoms with Crippen LogP contribution in [0, 0.1) is 5.41 Å². The monoisotopic (exact) mass is 759 g/mol. The van der Waals surface area contributed by atoms with Crippen LogP contribution in [0.2, 0.25) is 0 Å². The summed E-state index contributed by atoms with van der Waals surface area (Å²) in [5.41, 5.74) is 1.34. The second-order valence-electron chi connectivity index (χ2n) is 15.9. The lowest BCUT2D eigenvalue weighted by atomic mass is 9.62. The SMILES string of the molecule is CCCCCC1(CCCCC)O[C@@H]2[C@H](O1)[C@H]1ON(Cc3ccc(C=CCc4ccccc4O)cc3)[C@@H]3C(=O)O[C@@H]2C[C@]13C(=O)N1CCC[C@@H]1C(=O)NCCO. The molecule has 0 radical (unpaired) electrons. The van der Waals surface area contributed by atoms with Gasteiger partial charge in [0.15, 0.2) is 11.8 Å². The molecular formula is C43H57N3O9. The van der Waals surface area contributed by atoms with Gasteiger partial charge in [-0.15, -0.1) is 0 Å². The lowest BCUT2D eigenvalue weighted by Gasteiger charge is -2.50. The van der Waals surface area contributed by atoms with E-state index in [-0.39, 0.29) is 43.7 Å². The number of nitrogens with zero attached hydrogens (tertiary/aromatic N) is 2. The van der Waals surface area contributed by atoms with Gasteiger partial charge < -0.3 is 34.6 Å². The Bertz CT molecular complexity index is 1690. The van der Waals surface area contributed by atoms with Crippen molar-refractivity contribution < 1.29 is 43.6 Å². The standard InChI is InChI=1S/C43H57N3O9/c1-3-5-9-22-42(23-10-6-4-2)53-35-34-27-43(41(51)45-25-12-16-32(45)39(49)44-24-26-47)37(40(50)52-34)46(55-38(43)36(35)54-42)28-30-20-18-29(19-21-30)13-11-15-31-14-7-8-17-33(31)48/h7-8,11,13-14,17-21,32,34-38,47-48H,3-6,9-10,12,15-16,22-28H2,1-2H3,(H,44,49)/t32-,34-,35+,36+,37-,38-,43-/m1/s1. The Kier molecular flexibility index (Phi) is 12.3. The van der Waals surface area contributed by atoms with E-state index >= 15 is 4.79 Å². The van der Waals surface area contributed by atoms with Crippen LogP contribution in [0.3, 0.4) is 0 Å². The molecule has 12 nitrogen and oxygen atoms in total. The van der Waals surface area contributed by atoms with Gasteiger partial charge in [0, 0.05) is 32.4 Å². The quantitative estimate of drug-likeness (QED) is 0.146. The summed E-state index contributed by atoms with van der Waals surface area (Å²) < 4.78 is 20.1. The van der Waals surface area contributed by atoms with Crippen LogP contribution in [0.25, 0.3) is 6.08 Å². The number of carbonyl (C=O) groups is 3. The maximum absolute atomic E-state index is 15.2. The van der Waals surface area contributed by atoms with Crippen LogP contribution in [-0.4, -0.2) is 99.9 Å². The summed E-state index contributed by atoms with van der Waals surface area (Å²) in [4.78, 5) is 51.3. The van der Waals surface area contributed by atoms with Crippen molar-refractivity contribution in [2.24, 2.45) is 5.41 Å². The Morgan fingerprint density at radius 1 is 0.982 bits per heavy atom. The van der Waals surface area contributed by atoms with Crippen molar-refractivity contribution in [2.75, 3.05) is 19.7 Å². The molecule has 55 heavy (non-hydrogen) atoms. The summed E-state index contributed by atoms with van der Waals surface area (Å²) >= 11 is 0. The summed E-state index contributed by atoms with van der Waals surface area (Å²) in [5.74, 6) is -1.75. The highest BCUT2D eigenvalue weighted by atomic mass is 16.8. The molecule has 1 saturated carbocycles. The van der Waals surface area contributed by atoms with Crippen LogP contribution in [0.15, 0.2) is 54.6 Å². The topological polar surface area (TPSA) is 147 Å². The zero-order chi connectivity index (χ0) is 38.6. The van der Waals surface area contributed by atoms with Crippen LogP contribution in [0.4, 0.5) is 0 Å². The molecule has 4 aliphatic heterocycles. The number of para-hydroxylation sites is 1. The molecule has 4 heterocycles. The number of fused-ring (bicyclic) bond motifs is 4. The Balaban J connectivity index is 1.18. The molecule has 3 N–H and O–H groups in total. The normalized spacial score (nSPS) is 29.4. The first-order valence-corrected chi connectivity index (χ1v) is 20.4. The first-order chi connectivity index (χ1) is 26.7. The molecule has 2 aromatic rings. The van der Waals surface area contributed by atoms with Crippen molar-refractivity contribution in [3.63, 3.8) is 0 Å². The number of hydrogen-bond donors (Lipinski definition) is 3. The lowest BCUT2D eigenvalue weighted by molar-refractivity contribution is -0.225. The number of aliphatic hydroxyl groups is 1. The number of nitrogens with one attached hydrogen (secondary N) is 1. The van der Waals surface area contributed by atoms with Gasteiger partial charge in [0.05, 0.1) is 13.2 Å². The molecule has 0 unspecified atom stereocenters. The predicted molar refractivity (Wildman–Crippen MR) is 204 cm³/mol. The summed E-state index contributed by atoms with van der Waals surface area (Å²) in [6.07, 6.45) is 10.6. The number of benzene rings is 2. The Hall–Kier alpha value is -3.81. The molecule has 12 heteroatoms. The predicted octanol–water partition coefficient (Wildman–Crippen LogP) is 5.19. The van der Waals surface area contributed by atoms with Gasteiger partial charge >= 0.3 is 5.97 Å². The van der Waals surface area contributed by atoms with Crippen LogP contribution >= 0.6 is 0 Å². The number of amides is 2. The molecule has 5 aliphatic rings. The molecule has 1 aliphatic carbocycles. The zero-order valence-electron chi connectivity index (χ0n) is 32.2. The van der Waals surface area contributed by atoms with E-state index in [9.17, 15) is 19.8 Å². The van der Waals surface area contributed by atoms with Gasteiger partial charge in [-0.05, 0) is 54.9 Å².